The SMILES string of the molecule is CCC[C@H](NC(=O)Nc1c(C(C)C)cccc1C(C)C)C(=O)Nc1c(C(C)C)cccc1C(C)C. The van der Waals surface area contributed by atoms with Gasteiger partial charge in [0.1, 0.15) is 6.04 Å². The summed E-state index contributed by atoms with van der Waals surface area (Å²) in [5, 5.41) is 9.21. The number of para-hydroxylation sites is 2. The number of amides is 3. The average Bonchev–Trinajstić information content (AvgIpc) is 2.78. The van der Waals surface area contributed by atoms with Gasteiger partial charge >= 0.3 is 6.03 Å². The predicted molar refractivity (Wildman–Crippen MR) is 149 cm³/mol. The molecule has 0 saturated heterocycles. The Morgan fingerprint density at radius 2 is 1.03 bits per heavy atom. The van der Waals surface area contributed by atoms with Crippen LogP contribution in [-0.2, 0) is 4.79 Å². The second-order valence-electron chi connectivity index (χ2n) is 10.7. The first-order chi connectivity index (χ1) is 16.5. The molecule has 0 unspecified atom stereocenters. The van der Waals surface area contributed by atoms with Crippen molar-refractivity contribution in [2.45, 2.75) is 105 Å². The molecule has 0 aromatic heterocycles. The molecule has 35 heavy (non-hydrogen) atoms. The fourth-order valence-corrected chi connectivity index (χ4v) is 4.47. The highest BCUT2D eigenvalue weighted by atomic mass is 16.2. The maximum atomic E-state index is 13.4. The lowest BCUT2D eigenvalue weighted by Gasteiger charge is -2.24. The van der Waals surface area contributed by atoms with Crippen LogP contribution in [-0.4, -0.2) is 18.0 Å². The lowest BCUT2D eigenvalue weighted by Crippen LogP contribution is -2.46. The van der Waals surface area contributed by atoms with Crippen molar-refractivity contribution in [3.8, 4) is 0 Å². The van der Waals surface area contributed by atoms with Gasteiger partial charge in [-0.1, -0.05) is 105 Å². The zero-order chi connectivity index (χ0) is 26.3. The maximum absolute atomic E-state index is 13.4. The maximum Gasteiger partial charge on any atom is 0.319 e. The Kier molecular flexibility index (Phi) is 10.4. The monoisotopic (exact) mass is 479 g/mol. The molecule has 5 nitrogen and oxygen atoms in total. The van der Waals surface area contributed by atoms with Crippen LogP contribution in [0.15, 0.2) is 36.4 Å². The molecule has 2 aromatic rings. The second-order valence-corrected chi connectivity index (χ2v) is 10.7. The summed E-state index contributed by atoms with van der Waals surface area (Å²) in [7, 11) is 0. The highest BCUT2D eigenvalue weighted by molar-refractivity contribution is 6.00. The van der Waals surface area contributed by atoms with Gasteiger partial charge in [0, 0.05) is 11.4 Å². The van der Waals surface area contributed by atoms with E-state index in [2.05, 4.69) is 95.6 Å². The van der Waals surface area contributed by atoms with E-state index in [1.54, 1.807) is 0 Å². The Morgan fingerprint density at radius 1 is 0.657 bits per heavy atom. The molecule has 0 fully saturated rings. The molecular formula is C30H45N3O2. The van der Waals surface area contributed by atoms with Gasteiger partial charge in [0.2, 0.25) is 5.91 Å². The zero-order valence-corrected chi connectivity index (χ0v) is 23.1. The molecule has 0 bridgehead atoms. The van der Waals surface area contributed by atoms with Crippen molar-refractivity contribution < 1.29 is 9.59 Å². The van der Waals surface area contributed by atoms with Crippen molar-refractivity contribution in [2.24, 2.45) is 0 Å². The number of hydrogen-bond acceptors (Lipinski definition) is 2. The van der Waals surface area contributed by atoms with Crippen LogP contribution in [0, 0.1) is 0 Å². The lowest BCUT2D eigenvalue weighted by atomic mass is 9.92. The van der Waals surface area contributed by atoms with Crippen molar-refractivity contribution >= 4 is 23.3 Å². The predicted octanol–water partition coefficient (Wildman–Crippen LogP) is 8.11. The third-order valence-electron chi connectivity index (χ3n) is 6.43. The van der Waals surface area contributed by atoms with Crippen LogP contribution < -0.4 is 16.0 Å². The highest BCUT2D eigenvalue weighted by Gasteiger charge is 2.24. The summed E-state index contributed by atoms with van der Waals surface area (Å²) in [6.07, 6.45) is 1.34. The summed E-state index contributed by atoms with van der Waals surface area (Å²) < 4.78 is 0. The third kappa shape index (κ3) is 7.33. The van der Waals surface area contributed by atoms with Crippen LogP contribution in [0.25, 0.3) is 0 Å². The van der Waals surface area contributed by atoms with Gasteiger partial charge in [-0.15, -0.1) is 0 Å². The first-order valence-electron chi connectivity index (χ1n) is 13.1. The largest absolute Gasteiger partial charge is 0.326 e. The molecular weight excluding hydrogens is 434 g/mol. The van der Waals surface area contributed by atoms with E-state index < -0.39 is 6.04 Å². The molecule has 5 heteroatoms. The van der Waals surface area contributed by atoms with Crippen molar-refractivity contribution in [2.75, 3.05) is 10.6 Å². The van der Waals surface area contributed by atoms with E-state index in [4.69, 9.17) is 0 Å². The molecule has 0 aliphatic rings. The van der Waals surface area contributed by atoms with Crippen molar-refractivity contribution in [1.82, 2.24) is 5.32 Å². The summed E-state index contributed by atoms with van der Waals surface area (Å²) in [6.45, 7) is 19.0. The topological polar surface area (TPSA) is 70.2 Å². The number of hydrogen-bond donors (Lipinski definition) is 3. The number of carbonyl (C=O) groups is 2. The van der Waals surface area contributed by atoms with Crippen LogP contribution in [0.4, 0.5) is 16.2 Å². The molecule has 0 saturated carbocycles. The van der Waals surface area contributed by atoms with Gasteiger partial charge in [-0.2, -0.15) is 0 Å². The highest BCUT2D eigenvalue weighted by Crippen LogP contribution is 2.33. The van der Waals surface area contributed by atoms with Crippen LogP contribution in [0.2, 0.25) is 0 Å². The molecule has 2 rings (SSSR count). The van der Waals surface area contributed by atoms with E-state index in [1.165, 1.54) is 0 Å². The fourth-order valence-electron chi connectivity index (χ4n) is 4.47. The number of rotatable bonds is 10. The minimum absolute atomic E-state index is 0.182. The Hall–Kier alpha value is -2.82. The standard InChI is InChI=1S/C30H45N3O2/c1-10-13-26(29(34)32-27-22(18(2)3)14-11-15-23(27)19(4)5)31-30(35)33-28-24(20(6)7)16-12-17-25(28)21(8)9/h11-12,14-21,26H,10,13H2,1-9H3,(H,32,34)(H2,31,33,35)/t26-/m0/s1. The van der Waals surface area contributed by atoms with Crippen molar-refractivity contribution in [3.05, 3.63) is 58.7 Å². The number of nitrogens with one attached hydrogen (secondary N) is 3. The Balaban J connectivity index is 2.30. The van der Waals surface area contributed by atoms with Crippen molar-refractivity contribution in [1.29, 1.82) is 0 Å². The van der Waals surface area contributed by atoms with Crippen LogP contribution in [0.3, 0.4) is 0 Å². The first kappa shape index (κ1) is 28.4. The van der Waals surface area contributed by atoms with Crippen molar-refractivity contribution in [3.63, 3.8) is 0 Å². The molecule has 192 valence electrons. The lowest BCUT2D eigenvalue weighted by molar-refractivity contribution is -0.118. The molecule has 1 atom stereocenters. The molecule has 0 radical (unpaired) electrons. The smallest absolute Gasteiger partial charge is 0.319 e. The molecule has 0 aliphatic carbocycles. The van der Waals surface area contributed by atoms with Crippen LogP contribution in [0.1, 0.15) is 121 Å². The summed E-state index contributed by atoms with van der Waals surface area (Å²) >= 11 is 0. The third-order valence-corrected chi connectivity index (χ3v) is 6.43. The van der Waals surface area contributed by atoms with E-state index in [0.717, 1.165) is 40.0 Å². The first-order valence-corrected chi connectivity index (χ1v) is 13.1. The second kappa shape index (κ2) is 12.8. The number of urea groups is 1. The van der Waals surface area contributed by atoms with Gasteiger partial charge in [-0.05, 0) is 52.3 Å². The molecule has 3 amide bonds. The Bertz CT molecular complexity index is 956. The molecule has 2 aromatic carbocycles. The minimum atomic E-state index is -0.631. The normalized spacial score (nSPS) is 12.4. The van der Waals surface area contributed by atoms with Gasteiger partial charge in [0.25, 0.3) is 0 Å². The van der Waals surface area contributed by atoms with Gasteiger partial charge in [-0.25, -0.2) is 4.79 Å². The van der Waals surface area contributed by atoms with E-state index in [0.29, 0.717) is 6.42 Å². The Labute approximate surface area is 212 Å². The van der Waals surface area contributed by atoms with Gasteiger partial charge < -0.3 is 16.0 Å². The van der Waals surface area contributed by atoms with E-state index in [-0.39, 0.29) is 35.6 Å². The van der Waals surface area contributed by atoms with Gasteiger partial charge in [-0.3, -0.25) is 4.79 Å². The number of benzene rings is 2. The quantitative estimate of drug-likeness (QED) is 0.322. The number of carbonyl (C=O) groups excluding carboxylic acids is 2. The summed E-state index contributed by atoms with van der Waals surface area (Å²) in [6, 6.07) is 11.4. The number of anilines is 2. The fraction of sp³-hybridized carbons (Fsp3) is 0.533. The van der Waals surface area contributed by atoms with E-state index in [1.807, 2.05) is 19.1 Å². The zero-order valence-electron chi connectivity index (χ0n) is 23.1. The average molecular weight is 480 g/mol. The van der Waals surface area contributed by atoms with E-state index in [9.17, 15) is 9.59 Å². The van der Waals surface area contributed by atoms with Crippen LogP contribution in [0.5, 0.6) is 0 Å². The summed E-state index contributed by atoms with van der Waals surface area (Å²) in [5.74, 6) is 0.887. The summed E-state index contributed by atoms with van der Waals surface area (Å²) in [5.41, 5.74) is 6.12. The van der Waals surface area contributed by atoms with Gasteiger partial charge in [0.15, 0.2) is 0 Å². The minimum Gasteiger partial charge on any atom is -0.326 e. The van der Waals surface area contributed by atoms with Gasteiger partial charge in [0.05, 0.1) is 0 Å². The van der Waals surface area contributed by atoms with Crippen LogP contribution >= 0.6 is 0 Å². The molecule has 0 spiro atoms. The Morgan fingerprint density at radius 3 is 1.37 bits per heavy atom. The molecule has 0 heterocycles. The summed E-state index contributed by atoms with van der Waals surface area (Å²) in [4.78, 5) is 26.6. The molecule has 3 N–H and O–H groups in total. The molecule has 0 aliphatic heterocycles. The van der Waals surface area contributed by atoms with E-state index >= 15 is 0 Å².